The molecule has 0 radical (unpaired) electrons. The van der Waals surface area contributed by atoms with Crippen LogP contribution in [0.5, 0.6) is 11.5 Å². The van der Waals surface area contributed by atoms with Crippen molar-refractivity contribution >= 4 is 17.3 Å². The first-order valence-corrected chi connectivity index (χ1v) is 6.66. The minimum absolute atomic E-state index is 0.192. The average Bonchev–Trinajstić information content (AvgIpc) is 2.89. The van der Waals surface area contributed by atoms with Crippen LogP contribution < -0.4 is 15.4 Å². The van der Waals surface area contributed by atoms with Crippen molar-refractivity contribution in [3.63, 3.8) is 0 Å². The first-order valence-electron chi connectivity index (χ1n) is 6.66. The monoisotopic (exact) mass is 268 g/mol. The lowest BCUT2D eigenvalue weighted by Gasteiger charge is -2.16. The Hall–Kier alpha value is -2.49. The van der Waals surface area contributed by atoms with Crippen LogP contribution in [0.25, 0.3) is 0 Å². The predicted octanol–water partition coefficient (Wildman–Crippen LogP) is 3.19. The molecule has 4 heteroatoms. The number of ether oxygens (including phenoxy) is 1. The Morgan fingerprint density at radius 2 is 1.55 bits per heavy atom. The van der Waals surface area contributed by atoms with Gasteiger partial charge in [0, 0.05) is 24.3 Å². The third-order valence-corrected chi connectivity index (χ3v) is 3.34. The molecule has 0 spiro atoms. The number of hydrogen-bond acceptors (Lipinski definition) is 3. The molecule has 2 aromatic rings. The topological polar surface area (TPSA) is 55.6 Å². The number of carbonyl (C=O) groups excluding carboxylic acids is 1. The first kappa shape index (κ1) is 12.5. The lowest BCUT2D eigenvalue weighted by Crippen LogP contribution is -2.23. The van der Waals surface area contributed by atoms with Gasteiger partial charge in [0.25, 0.3) is 0 Å². The molecule has 1 saturated heterocycles. The molecule has 1 aliphatic heterocycles. The van der Waals surface area contributed by atoms with Crippen LogP contribution in [0.4, 0.5) is 11.4 Å². The van der Waals surface area contributed by atoms with Crippen LogP contribution in [-0.2, 0) is 4.79 Å². The summed E-state index contributed by atoms with van der Waals surface area (Å²) in [5.74, 6) is 1.67. The van der Waals surface area contributed by atoms with Crippen molar-refractivity contribution in [3.8, 4) is 11.5 Å². The largest absolute Gasteiger partial charge is 0.457 e. The van der Waals surface area contributed by atoms with Gasteiger partial charge >= 0.3 is 0 Å². The maximum Gasteiger partial charge on any atom is 0.227 e. The van der Waals surface area contributed by atoms with Crippen LogP contribution >= 0.6 is 0 Å². The van der Waals surface area contributed by atoms with Gasteiger partial charge in [-0.2, -0.15) is 0 Å². The summed E-state index contributed by atoms with van der Waals surface area (Å²) in [4.78, 5) is 13.5. The van der Waals surface area contributed by atoms with E-state index >= 15 is 0 Å². The van der Waals surface area contributed by atoms with Gasteiger partial charge in [0.15, 0.2) is 0 Å². The molecule has 3 rings (SSSR count). The molecular weight excluding hydrogens is 252 g/mol. The molecule has 20 heavy (non-hydrogen) atoms. The maximum absolute atomic E-state index is 11.7. The Balaban J connectivity index is 1.73. The molecular formula is C16H16N2O2. The van der Waals surface area contributed by atoms with Crippen LogP contribution in [0.2, 0.25) is 0 Å². The Bertz CT molecular complexity index is 605. The van der Waals surface area contributed by atoms with E-state index in [0.29, 0.717) is 12.1 Å². The molecule has 2 aromatic carbocycles. The van der Waals surface area contributed by atoms with Gasteiger partial charge in [0.1, 0.15) is 11.5 Å². The number of anilines is 2. The fourth-order valence-corrected chi connectivity index (χ4v) is 2.29. The zero-order valence-electron chi connectivity index (χ0n) is 11.1. The predicted molar refractivity (Wildman–Crippen MR) is 79.0 cm³/mol. The van der Waals surface area contributed by atoms with E-state index in [2.05, 4.69) is 0 Å². The fourth-order valence-electron chi connectivity index (χ4n) is 2.29. The van der Waals surface area contributed by atoms with Crippen molar-refractivity contribution in [1.82, 2.24) is 0 Å². The maximum atomic E-state index is 11.7. The molecule has 0 atom stereocenters. The molecule has 1 amide bonds. The summed E-state index contributed by atoms with van der Waals surface area (Å²) < 4.78 is 5.72. The Morgan fingerprint density at radius 3 is 2.10 bits per heavy atom. The number of rotatable bonds is 3. The normalized spacial score (nSPS) is 14.6. The number of nitrogens with zero attached hydrogens (tertiary/aromatic N) is 1. The number of nitrogens with two attached hydrogens (primary N) is 1. The summed E-state index contributed by atoms with van der Waals surface area (Å²) in [6.45, 7) is 0.803. The van der Waals surface area contributed by atoms with Gasteiger partial charge in [0.2, 0.25) is 5.91 Å². The lowest BCUT2D eigenvalue weighted by atomic mass is 10.2. The van der Waals surface area contributed by atoms with Crippen molar-refractivity contribution < 1.29 is 9.53 Å². The smallest absolute Gasteiger partial charge is 0.227 e. The molecule has 0 bridgehead atoms. The number of carbonyl (C=O) groups is 1. The summed E-state index contributed by atoms with van der Waals surface area (Å²) in [5.41, 5.74) is 7.27. The van der Waals surface area contributed by atoms with Crippen molar-refractivity contribution in [1.29, 1.82) is 0 Å². The average molecular weight is 268 g/mol. The van der Waals surface area contributed by atoms with Crippen molar-refractivity contribution in [2.75, 3.05) is 17.2 Å². The van der Waals surface area contributed by atoms with E-state index in [1.165, 1.54) is 0 Å². The number of nitrogen functional groups attached to an aromatic ring is 1. The van der Waals surface area contributed by atoms with E-state index in [1.54, 1.807) is 12.1 Å². The van der Waals surface area contributed by atoms with E-state index in [4.69, 9.17) is 10.5 Å². The Morgan fingerprint density at radius 1 is 0.950 bits per heavy atom. The summed E-state index contributed by atoms with van der Waals surface area (Å²) in [7, 11) is 0. The van der Waals surface area contributed by atoms with E-state index in [9.17, 15) is 4.79 Å². The number of amides is 1. The zero-order valence-corrected chi connectivity index (χ0v) is 11.1. The highest BCUT2D eigenvalue weighted by molar-refractivity contribution is 5.95. The molecule has 0 aromatic heterocycles. The molecule has 1 heterocycles. The molecule has 1 fully saturated rings. The van der Waals surface area contributed by atoms with Gasteiger partial charge in [-0.1, -0.05) is 0 Å². The van der Waals surface area contributed by atoms with Crippen molar-refractivity contribution in [2.45, 2.75) is 12.8 Å². The molecule has 0 aliphatic carbocycles. The van der Waals surface area contributed by atoms with Gasteiger partial charge in [-0.05, 0) is 55.0 Å². The highest BCUT2D eigenvalue weighted by Gasteiger charge is 2.21. The highest BCUT2D eigenvalue weighted by Crippen LogP contribution is 2.27. The standard InChI is InChI=1S/C16H16N2O2/c17-12-3-7-14(8-4-12)20-15-9-5-13(6-10-15)18-11-1-2-16(18)19/h3-10H,1-2,11,17H2. The second kappa shape index (κ2) is 5.25. The van der Waals surface area contributed by atoms with Gasteiger partial charge < -0.3 is 15.4 Å². The molecule has 0 unspecified atom stereocenters. The SMILES string of the molecule is Nc1ccc(Oc2ccc(N3CCCC3=O)cc2)cc1. The molecule has 1 aliphatic rings. The molecule has 102 valence electrons. The summed E-state index contributed by atoms with van der Waals surface area (Å²) >= 11 is 0. The molecule has 4 nitrogen and oxygen atoms in total. The van der Waals surface area contributed by atoms with Crippen LogP contribution in [0, 0.1) is 0 Å². The van der Waals surface area contributed by atoms with E-state index in [0.717, 1.165) is 30.2 Å². The van der Waals surface area contributed by atoms with Gasteiger partial charge in [-0.3, -0.25) is 4.79 Å². The fraction of sp³-hybridized carbons (Fsp3) is 0.188. The first-order chi connectivity index (χ1) is 9.72. The van der Waals surface area contributed by atoms with Crippen LogP contribution in [0.15, 0.2) is 48.5 Å². The zero-order chi connectivity index (χ0) is 13.9. The van der Waals surface area contributed by atoms with Crippen LogP contribution in [0.1, 0.15) is 12.8 Å². The minimum atomic E-state index is 0.192. The highest BCUT2D eigenvalue weighted by atomic mass is 16.5. The molecule has 0 saturated carbocycles. The summed E-state index contributed by atoms with van der Waals surface area (Å²) in [6, 6.07) is 14.8. The summed E-state index contributed by atoms with van der Waals surface area (Å²) in [6.07, 6.45) is 1.58. The quantitative estimate of drug-likeness (QED) is 0.870. The van der Waals surface area contributed by atoms with Crippen molar-refractivity contribution in [3.05, 3.63) is 48.5 Å². The van der Waals surface area contributed by atoms with E-state index < -0.39 is 0 Å². The minimum Gasteiger partial charge on any atom is -0.457 e. The van der Waals surface area contributed by atoms with Gasteiger partial charge in [0.05, 0.1) is 0 Å². The van der Waals surface area contributed by atoms with Gasteiger partial charge in [-0.15, -0.1) is 0 Å². The van der Waals surface area contributed by atoms with E-state index in [1.807, 2.05) is 41.3 Å². The van der Waals surface area contributed by atoms with E-state index in [-0.39, 0.29) is 5.91 Å². The second-order valence-corrected chi connectivity index (χ2v) is 4.81. The van der Waals surface area contributed by atoms with Crippen LogP contribution in [-0.4, -0.2) is 12.5 Å². The lowest BCUT2D eigenvalue weighted by molar-refractivity contribution is -0.117. The third-order valence-electron chi connectivity index (χ3n) is 3.34. The van der Waals surface area contributed by atoms with Gasteiger partial charge in [-0.25, -0.2) is 0 Å². The number of hydrogen-bond donors (Lipinski definition) is 1. The Labute approximate surface area is 117 Å². The Kier molecular flexibility index (Phi) is 3.29. The van der Waals surface area contributed by atoms with Crippen LogP contribution in [0.3, 0.4) is 0 Å². The summed E-state index contributed by atoms with van der Waals surface area (Å²) in [5, 5.41) is 0. The number of benzene rings is 2. The van der Waals surface area contributed by atoms with Crippen molar-refractivity contribution in [2.24, 2.45) is 0 Å². The molecule has 2 N–H and O–H groups in total. The second-order valence-electron chi connectivity index (χ2n) is 4.81. The third kappa shape index (κ3) is 2.59.